The van der Waals surface area contributed by atoms with Crippen LogP contribution in [0.2, 0.25) is 0 Å². The Balaban J connectivity index is 1.78. The molecule has 0 aliphatic carbocycles. The van der Waals surface area contributed by atoms with Gasteiger partial charge in [-0.15, -0.1) is 10.2 Å². The molecule has 0 aliphatic heterocycles. The summed E-state index contributed by atoms with van der Waals surface area (Å²) in [6.07, 6.45) is 3.56. The Bertz CT molecular complexity index is 701. The van der Waals surface area contributed by atoms with Gasteiger partial charge < -0.3 is 0 Å². The third-order valence-electron chi connectivity index (χ3n) is 3.34. The van der Waals surface area contributed by atoms with Gasteiger partial charge in [-0.3, -0.25) is 4.98 Å². The van der Waals surface area contributed by atoms with E-state index in [0.717, 1.165) is 11.1 Å². The van der Waals surface area contributed by atoms with E-state index in [0.29, 0.717) is 18.3 Å². The SMILES string of the molecule is CC(C)c1ccc(-c2nnn(Cc3cccnc3)n2)cc1. The molecule has 2 aromatic heterocycles. The summed E-state index contributed by atoms with van der Waals surface area (Å²) in [5.74, 6) is 1.17. The summed E-state index contributed by atoms with van der Waals surface area (Å²) < 4.78 is 0. The number of pyridine rings is 1. The predicted molar refractivity (Wildman–Crippen MR) is 80.7 cm³/mol. The summed E-state index contributed by atoms with van der Waals surface area (Å²) >= 11 is 0. The minimum absolute atomic E-state index is 0.522. The first-order valence-electron chi connectivity index (χ1n) is 6.99. The number of rotatable bonds is 4. The fourth-order valence-electron chi connectivity index (χ4n) is 2.10. The van der Waals surface area contributed by atoms with Gasteiger partial charge in [-0.25, -0.2) is 0 Å². The summed E-state index contributed by atoms with van der Waals surface area (Å²) in [7, 11) is 0. The minimum atomic E-state index is 0.522. The minimum Gasteiger partial charge on any atom is -0.264 e. The number of nitrogens with zero attached hydrogens (tertiary/aromatic N) is 5. The summed E-state index contributed by atoms with van der Waals surface area (Å²) in [4.78, 5) is 5.67. The molecule has 3 aromatic rings. The zero-order valence-electron chi connectivity index (χ0n) is 12.1. The number of tetrazole rings is 1. The third kappa shape index (κ3) is 3.13. The van der Waals surface area contributed by atoms with E-state index in [1.165, 1.54) is 5.56 Å². The van der Waals surface area contributed by atoms with E-state index in [4.69, 9.17) is 0 Å². The lowest BCUT2D eigenvalue weighted by Gasteiger charge is -2.04. The lowest BCUT2D eigenvalue weighted by molar-refractivity contribution is 0.572. The first kappa shape index (κ1) is 13.4. The number of hydrogen-bond acceptors (Lipinski definition) is 4. The normalized spacial score (nSPS) is 11.0. The van der Waals surface area contributed by atoms with Gasteiger partial charge in [-0.05, 0) is 28.3 Å². The Kier molecular flexibility index (Phi) is 3.73. The predicted octanol–water partition coefficient (Wildman–Crippen LogP) is 2.91. The largest absolute Gasteiger partial charge is 0.264 e. The summed E-state index contributed by atoms with van der Waals surface area (Å²) in [6, 6.07) is 12.2. The van der Waals surface area contributed by atoms with Crippen LogP contribution in [-0.2, 0) is 6.54 Å². The van der Waals surface area contributed by atoms with Crippen molar-refractivity contribution < 1.29 is 0 Å². The van der Waals surface area contributed by atoms with Crippen LogP contribution in [0.1, 0.15) is 30.9 Å². The van der Waals surface area contributed by atoms with Crippen LogP contribution < -0.4 is 0 Å². The molecular weight excluding hydrogens is 262 g/mol. The van der Waals surface area contributed by atoms with Gasteiger partial charge in [-0.2, -0.15) is 4.80 Å². The molecule has 0 unspecified atom stereocenters. The van der Waals surface area contributed by atoms with Crippen molar-refractivity contribution >= 4 is 0 Å². The van der Waals surface area contributed by atoms with Gasteiger partial charge in [0.2, 0.25) is 5.82 Å². The van der Waals surface area contributed by atoms with E-state index < -0.39 is 0 Å². The fraction of sp³-hybridized carbons (Fsp3) is 0.250. The molecule has 0 saturated carbocycles. The molecule has 21 heavy (non-hydrogen) atoms. The van der Waals surface area contributed by atoms with E-state index in [1.54, 1.807) is 17.2 Å². The molecular formula is C16H17N5. The van der Waals surface area contributed by atoms with Gasteiger partial charge in [0, 0.05) is 18.0 Å². The summed E-state index contributed by atoms with van der Waals surface area (Å²) in [5.41, 5.74) is 3.34. The van der Waals surface area contributed by atoms with E-state index in [1.807, 2.05) is 24.3 Å². The van der Waals surface area contributed by atoms with Crippen molar-refractivity contribution in [3.8, 4) is 11.4 Å². The highest BCUT2D eigenvalue weighted by molar-refractivity contribution is 5.54. The number of benzene rings is 1. The Morgan fingerprint density at radius 2 is 1.90 bits per heavy atom. The molecule has 0 amide bonds. The first-order valence-corrected chi connectivity index (χ1v) is 6.99. The summed E-state index contributed by atoms with van der Waals surface area (Å²) in [6.45, 7) is 4.93. The number of aromatic nitrogens is 5. The maximum Gasteiger partial charge on any atom is 0.204 e. The van der Waals surface area contributed by atoms with E-state index >= 15 is 0 Å². The Labute approximate surface area is 123 Å². The Morgan fingerprint density at radius 3 is 2.57 bits per heavy atom. The monoisotopic (exact) mass is 279 g/mol. The van der Waals surface area contributed by atoms with Crippen molar-refractivity contribution in [1.82, 2.24) is 25.2 Å². The number of hydrogen-bond donors (Lipinski definition) is 0. The zero-order valence-corrected chi connectivity index (χ0v) is 12.1. The van der Waals surface area contributed by atoms with Crippen LogP contribution in [-0.4, -0.2) is 25.2 Å². The van der Waals surface area contributed by atoms with Crippen LogP contribution in [0.4, 0.5) is 0 Å². The van der Waals surface area contributed by atoms with Crippen LogP contribution in [0.5, 0.6) is 0 Å². The second-order valence-corrected chi connectivity index (χ2v) is 5.28. The average Bonchev–Trinajstić information content (AvgIpc) is 2.97. The van der Waals surface area contributed by atoms with Gasteiger partial charge >= 0.3 is 0 Å². The quantitative estimate of drug-likeness (QED) is 0.737. The molecule has 2 heterocycles. The van der Waals surface area contributed by atoms with E-state index in [-0.39, 0.29) is 0 Å². The highest BCUT2D eigenvalue weighted by Crippen LogP contribution is 2.19. The van der Waals surface area contributed by atoms with Crippen LogP contribution in [0, 0.1) is 0 Å². The molecule has 0 atom stereocenters. The molecule has 0 fully saturated rings. The molecule has 0 bridgehead atoms. The van der Waals surface area contributed by atoms with Gasteiger partial charge in [0.15, 0.2) is 0 Å². The Morgan fingerprint density at radius 1 is 1.10 bits per heavy atom. The molecule has 5 heteroatoms. The third-order valence-corrected chi connectivity index (χ3v) is 3.34. The van der Waals surface area contributed by atoms with E-state index in [9.17, 15) is 0 Å². The second-order valence-electron chi connectivity index (χ2n) is 5.28. The van der Waals surface area contributed by atoms with Crippen LogP contribution >= 0.6 is 0 Å². The molecule has 106 valence electrons. The topological polar surface area (TPSA) is 56.5 Å². The average molecular weight is 279 g/mol. The molecule has 1 aromatic carbocycles. The van der Waals surface area contributed by atoms with Crippen molar-refractivity contribution in [2.24, 2.45) is 0 Å². The fourth-order valence-corrected chi connectivity index (χ4v) is 2.10. The van der Waals surface area contributed by atoms with Crippen LogP contribution in [0.3, 0.4) is 0 Å². The maximum absolute atomic E-state index is 4.42. The van der Waals surface area contributed by atoms with E-state index in [2.05, 4.69) is 46.4 Å². The van der Waals surface area contributed by atoms with Crippen molar-refractivity contribution in [2.45, 2.75) is 26.3 Å². The van der Waals surface area contributed by atoms with Gasteiger partial charge in [0.05, 0.1) is 6.54 Å². The lowest BCUT2D eigenvalue weighted by Crippen LogP contribution is -2.04. The zero-order chi connectivity index (χ0) is 14.7. The maximum atomic E-state index is 4.42. The summed E-state index contributed by atoms with van der Waals surface area (Å²) in [5, 5.41) is 12.6. The highest BCUT2D eigenvalue weighted by atomic mass is 15.6. The molecule has 0 aliphatic rings. The highest BCUT2D eigenvalue weighted by Gasteiger charge is 2.07. The van der Waals surface area contributed by atoms with Crippen LogP contribution in [0.25, 0.3) is 11.4 Å². The molecule has 0 spiro atoms. The van der Waals surface area contributed by atoms with Gasteiger partial charge in [0.1, 0.15) is 0 Å². The molecule has 5 nitrogen and oxygen atoms in total. The molecule has 0 radical (unpaired) electrons. The molecule has 0 N–H and O–H groups in total. The van der Waals surface area contributed by atoms with Crippen molar-refractivity contribution in [2.75, 3.05) is 0 Å². The van der Waals surface area contributed by atoms with Crippen LogP contribution in [0.15, 0.2) is 48.8 Å². The standard InChI is InChI=1S/C16H17N5/c1-12(2)14-5-7-15(8-6-14)16-18-20-21(19-16)11-13-4-3-9-17-10-13/h3-10,12H,11H2,1-2H3. The smallest absolute Gasteiger partial charge is 0.204 e. The second kappa shape index (κ2) is 5.83. The van der Waals surface area contributed by atoms with Crippen molar-refractivity contribution in [3.05, 3.63) is 59.9 Å². The van der Waals surface area contributed by atoms with Gasteiger partial charge in [0.25, 0.3) is 0 Å². The van der Waals surface area contributed by atoms with Crippen molar-refractivity contribution in [3.63, 3.8) is 0 Å². The Hall–Kier alpha value is -2.56. The lowest BCUT2D eigenvalue weighted by atomic mass is 10.0. The first-order chi connectivity index (χ1) is 10.2. The van der Waals surface area contributed by atoms with Gasteiger partial charge in [-0.1, -0.05) is 44.2 Å². The molecule has 0 saturated heterocycles. The van der Waals surface area contributed by atoms with Crippen molar-refractivity contribution in [1.29, 1.82) is 0 Å². The molecule has 3 rings (SSSR count).